The van der Waals surface area contributed by atoms with Crippen molar-refractivity contribution in [3.8, 4) is 17.6 Å². The molecule has 0 aromatic heterocycles. The molecule has 0 atom stereocenters. The topological polar surface area (TPSA) is 114 Å². The van der Waals surface area contributed by atoms with Crippen LogP contribution in [0.4, 0.5) is 11.4 Å². The first-order valence-electron chi connectivity index (χ1n) is 9.63. The second kappa shape index (κ2) is 10.8. The van der Waals surface area contributed by atoms with Crippen molar-refractivity contribution in [2.75, 3.05) is 12.4 Å². The monoisotopic (exact) mass is 463 g/mol. The molecule has 0 radical (unpaired) electrons. The Morgan fingerprint density at radius 3 is 2.61 bits per heavy atom. The number of nitro benzene ring substituents is 1. The number of anilines is 1. The maximum Gasteiger partial charge on any atom is 0.271 e. The molecule has 0 aliphatic carbocycles. The van der Waals surface area contributed by atoms with E-state index < -0.39 is 10.8 Å². The Kier molecular flexibility index (Phi) is 7.63. The third kappa shape index (κ3) is 6.09. The largest absolute Gasteiger partial charge is 0.493 e. The lowest BCUT2D eigenvalue weighted by molar-refractivity contribution is -0.384. The van der Waals surface area contributed by atoms with Gasteiger partial charge in [-0.2, -0.15) is 5.26 Å². The highest BCUT2D eigenvalue weighted by atomic mass is 35.5. The molecule has 3 aromatic carbocycles. The molecule has 0 bridgehead atoms. The number of non-ortho nitro benzene ring substituents is 1. The van der Waals surface area contributed by atoms with Crippen molar-refractivity contribution in [2.45, 2.75) is 6.61 Å². The van der Waals surface area contributed by atoms with E-state index >= 15 is 0 Å². The van der Waals surface area contributed by atoms with Gasteiger partial charge in [0.15, 0.2) is 11.5 Å². The average molecular weight is 464 g/mol. The van der Waals surface area contributed by atoms with Gasteiger partial charge in [-0.25, -0.2) is 0 Å². The molecule has 0 fully saturated rings. The van der Waals surface area contributed by atoms with Crippen LogP contribution in [0.1, 0.15) is 11.1 Å². The average Bonchev–Trinajstić information content (AvgIpc) is 2.82. The number of rotatable bonds is 8. The Bertz CT molecular complexity index is 1250. The van der Waals surface area contributed by atoms with E-state index in [0.717, 1.165) is 5.56 Å². The van der Waals surface area contributed by atoms with Crippen LogP contribution >= 0.6 is 11.6 Å². The summed E-state index contributed by atoms with van der Waals surface area (Å²) in [6.45, 7) is 0.279. The fraction of sp³-hybridized carbons (Fsp3) is 0.0833. The van der Waals surface area contributed by atoms with Crippen LogP contribution in [0.5, 0.6) is 11.5 Å². The molecular formula is C24H18ClN3O5. The molecule has 9 heteroatoms. The number of halogens is 1. The number of nitriles is 1. The van der Waals surface area contributed by atoms with Crippen molar-refractivity contribution in [2.24, 2.45) is 0 Å². The summed E-state index contributed by atoms with van der Waals surface area (Å²) in [7, 11) is 1.45. The lowest BCUT2D eigenvalue weighted by Gasteiger charge is -2.13. The Labute approximate surface area is 194 Å². The number of nitro groups is 1. The highest BCUT2D eigenvalue weighted by Gasteiger charge is 2.15. The first kappa shape index (κ1) is 23.3. The van der Waals surface area contributed by atoms with Gasteiger partial charge in [0.05, 0.1) is 17.1 Å². The standard InChI is InChI=1S/C24H18ClN3O5/c1-32-22-12-17(11-21(25)23(22)33-15-16-6-3-2-4-7-16)10-18(14-26)24(29)27-19-8-5-9-20(13-19)28(30)31/h2-13H,15H2,1H3,(H,27,29)/b18-10+. The lowest BCUT2D eigenvalue weighted by atomic mass is 10.1. The van der Waals surface area contributed by atoms with Gasteiger partial charge in [-0.05, 0) is 35.4 Å². The van der Waals surface area contributed by atoms with Crippen LogP contribution in [0.15, 0.2) is 72.3 Å². The fourth-order valence-corrected chi connectivity index (χ4v) is 3.18. The molecule has 1 amide bonds. The van der Waals surface area contributed by atoms with Gasteiger partial charge in [-0.1, -0.05) is 48.0 Å². The van der Waals surface area contributed by atoms with Crippen LogP contribution < -0.4 is 14.8 Å². The van der Waals surface area contributed by atoms with Crippen molar-refractivity contribution in [1.29, 1.82) is 5.26 Å². The highest BCUT2D eigenvalue weighted by Crippen LogP contribution is 2.37. The zero-order chi connectivity index (χ0) is 23.8. The summed E-state index contributed by atoms with van der Waals surface area (Å²) in [4.78, 5) is 22.9. The van der Waals surface area contributed by atoms with E-state index in [0.29, 0.717) is 17.1 Å². The first-order valence-corrected chi connectivity index (χ1v) is 10.0. The zero-order valence-electron chi connectivity index (χ0n) is 17.4. The van der Waals surface area contributed by atoms with Gasteiger partial charge in [0.25, 0.3) is 11.6 Å². The van der Waals surface area contributed by atoms with Crippen LogP contribution in [0, 0.1) is 21.4 Å². The second-order valence-corrected chi connectivity index (χ2v) is 7.15. The molecule has 8 nitrogen and oxygen atoms in total. The van der Waals surface area contributed by atoms with Gasteiger partial charge < -0.3 is 14.8 Å². The number of ether oxygens (including phenoxy) is 2. The molecule has 166 valence electrons. The van der Waals surface area contributed by atoms with Crippen LogP contribution in [0.25, 0.3) is 6.08 Å². The van der Waals surface area contributed by atoms with Gasteiger partial charge in [-0.3, -0.25) is 14.9 Å². The molecule has 0 spiro atoms. The fourth-order valence-electron chi connectivity index (χ4n) is 2.90. The predicted molar refractivity (Wildman–Crippen MR) is 124 cm³/mol. The van der Waals surface area contributed by atoms with E-state index in [2.05, 4.69) is 5.32 Å². The molecule has 0 unspecified atom stereocenters. The predicted octanol–water partition coefficient (Wildman–Crippen LogP) is 5.38. The van der Waals surface area contributed by atoms with Gasteiger partial charge in [0.2, 0.25) is 0 Å². The van der Waals surface area contributed by atoms with E-state index in [1.54, 1.807) is 12.1 Å². The molecule has 0 aliphatic heterocycles. The van der Waals surface area contributed by atoms with Gasteiger partial charge in [-0.15, -0.1) is 0 Å². The molecule has 1 N–H and O–H groups in total. The molecule has 0 aliphatic rings. The molecular weight excluding hydrogens is 446 g/mol. The summed E-state index contributed by atoms with van der Waals surface area (Å²) in [6.07, 6.45) is 1.34. The molecule has 33 heavy (non-hydrogen) atoms. The number of hydrogen-bond donors (Lipinski definition) is 1. The van der Waals surface area contributed by atoms with E-state index in [1.165, 1.54) is 37.5 Å². The maximum atomic E-state index is 12.5. The minimum absolute atomic E-state index is 0.183. The van der Waals surface area contributed by atoms with E-state index in [1.807, 2.05) is 36.4 Å². The number of hydrogen-bond acceptors (Lipinski definition) is 6. The third-order valence-electron chi connectivity index (χ3n) is 4.47. The number of nitrogens with one attached hydrogen (secondary N) is 1. The Morgan fingerprint density at radius 2 is 1.94 bits per heavy atom. The van der Waals surface area contributed by atoms with E-state index in [-0.39, 0.29) is 28.6 Å². The van der Waals surface area contributed by atoms with Crippen molar-refractivity contribution < 1.29 is 19.2 Å². The van der Waals surface area contributed by atoms with E-state index in [9.17, 15) is 20.2 Å². The van der Waals surface area contributed by atoms with Crippen molar-refractivity contribution in [3.05, 3.63) is 98.6 Å². The number of methoxy groups -OCH3 is 1. The molecule has 3 aromatic rings. The number of amides is 1. The third-order valence-corrected chi connectivity index (χ3v) is 4.75. The van der Waals surface area contributed by atoms with Crippen molar-refractivity contribution >= 4 is 35.0 Å². The zero-order valence-corrected chi connectivity index (χ0v) is 18.2. The summed E-state index contributed by atoms with van der Waals surface area (Å²) >= 11 is 6.38. The van der Waals surface area contributed by atoms with Crippen molar-refractivity contribution in [1.82, 2.24) is 0 Å². The Balaban J connectivity index is 1.82. The van der Waals surface area contributed by atoms with Crippen LogP contribution in [-0.4, -0.2) is 17.9 Å². The van der Waals surface area contributed by atoms with E-state index in [4.69, 9.17) is 21.1 Å². The maximum absolute atomic E-state index is 12.5. The smallest absolute Gasteiger partial charge is 0.271 e. The minimum Gasteiger partial charge on any atom is -0.493 e. The Morgan fingerprint density at radius 1 is 1.18 bits per heavy atom. The van der Waals surface area contributed by atoms with Crippen molar-refractivity contribution in [3.63, 3.8) is 0 Å². The van der Waals surface area contributed by atoms with Gasteiger partial charge in [0, 0.05) is 17.8 Å². The normalized spacial score (nSPS) is 10.8. The minimum atomic E-state index is -0.725. The summed E-state index contributed by atoms with van der Waals surface area (Å²) in [5, 5.41) is 23.1. The summed E-state index contributed by atoms with van der Waals surface area (Å²) < 4.78 is 11.2. The molecule has 0 saturated carbocycles. The number of carbonyl (C=O) groups excluding carboxylic acids is 1. The quantitative estimate of drug-likeness (QED) is 0.207. The number of nitrogens with zero attached hydrogens (tertiary/aromatic N) is 2. The summed E-state index contributed by atoms with van der Waals surface area (Å²) in [6, 6.07) is 19.9. The molecule has 3 rings (SSSR count). The molecule has 0 saturated heterocycles. The van der Waals surface area contributed by atoms with Gasteiger partial charge >= 0.3 is 0 Å². The molecule has 0 heterocycles. The van der Waals surface area contributed by atoms with Crippen LogP contribution in [0.2, 0.25) is 5.02 Å². The number of carbonyl (C=O) groups is 1. The summed E-state index contributed by atoms with van der Waals surface area (Å²) in [5.74, 6) is -0.0571. The second-order valence-electron chi connectivity index (χ2n) is 6.74. The van der Waals surface area contributed by atoms with Crippen LogP contribution in [-0.2, 0) is 11.4 Å². The Hall–Kier alpha value is -4.35. The summed E-state index contributed by atoms with van der Waals surface area (Å²) in [5.41, 5.74) is 1.17. The highest BCUT2D eigenvalue weighted by molar-refractivity contribution is 6.32. The number of benzene rings is 3. The van der Waals surface area contributed by atoms with Crippen LogP contribution in [0.3, 0.4) is 0 Å². The first-order chi connectivity index (χ1) is 15.9. The lowest BCUT2D eigenvalue weighted by Crippen LogP contribution is -2.13. The SMILES string of the molecule is COc1cc(/C=C(\C#N)C(=O)Nc2cccc([N+](=O)[O-])c2)cc(Cl)c1OCc1ccccc1. The van der Waals surface area contributed by atoms with Gasteiger partial charge in [0.1, 0.15) is 18.2 Å².